The maximum absolute atomic E-state index is 13.0. The lowest BCUT2D eigenvalue weighted by molar-refractivity contribution is -0.137. The number of nitrogens with one attached hydrogen (secondary N) is 1. The molecule has 150 valence electrons. The van der Waals surface area contributed by atoms with E-state index < -0.39 is 29.6 Å². The molecule has 1 aromatic heterocycles. The number of hydrogen-bond donors (Lipinski definition) is 1. The molecule has 1 unspecified atom stereocenters. The number of likely N-dealkylation sites (N-methyl/N-ethyl adjacent to an activating group) is 1. The maximum Gasteiger partial charge on any atom is 0.416 e. The molecule has 10 heteroatoms. The van der Waals surface area contributed by atoms with Gasteiger partial charge in [0.2, 0.25) is 11.8 Å². The Bertz CT molecular complexity index is 910. The van der Waals surface area contributed by atoms with Crippen molar-refractivity contribution in [2.24, 2.45) is 0 Å². The third kappa shape index (κ3) is 4.01. The van der Waals surface area contributed by atoms with Gasteiger partial charge in [-0.05, 0) is 39.1 Å². The third-order valence-electron chi connectivity index (χ3n) is 4.56. The van der Waals surface area contributed by atoms with E-state index in [4.69, 9.17) is 4.52 Å². The van der Waals surface area contributed by atoms with Crippen LogP contribution in [0.4, 0.5) is 24.5 Å². The quantitative estimate of drug-likeness (QED) is 0.860. The molecular weight excluding hydrogens is 377 g/mol. The summed E-state index contributed by atoms with van der Waals surface area (Å²) in [4.78, 5) is 27.8. The number of aromatic nitrogens is 1. The van der Waals surface area contributed by atoms with E-state index in [2.05, 4.69) is 10.5 Å². The molecule has 0 spiro atoms. The van der Waals surface area contributed by atoms with Gasteiger partial charge in [0.25, 0.3) is 0 Å². The number of nitrogens with zero attached hydrogens (tertiary/aromatic N) is 3. The average Bonchev–Trinajstić information content (AvgIpc) is 3.03. The van der Waals surface area contributed by atoms with Gasteiger partial charge in [0, 0.05) is 12.6 Å². The van der Waals surface area contributed by atoms with Crippen LogP contribution in [-0.2, 0) is 22.3 Å². The number of fused-ring (bicyclic) bond motifs is 1. The molecule has 0 aliphatic carbocycles. The lowest BCUT2D eigenvalue weighted by Gasteiger charge is -2.33. The molecule has 7 nitrogen and oxygen atoms in total. The monoisotopic (exact) mass is 396 g/mol. The molecule has 0 bridgehead atoms. The van der Waals surface area contributed by atoms with Gasteiger partial charge in [0.05, 0.1) is 28.7 Å². The topological polar surface area (TPSA) is 78.7 Å². The molecule has 1 N–H and O–H groups in total. The normalized spacial score (nSPS) is 15.4. The van der Waals surface area contributed by atoms with Gasteiger partial charge in [-0.1, -0.05) is 5.16 Å². The SMILES string of the molecule is Cc1cc(CN(C)C(C)C(=O)N2CC(=O)Nc3cc(C(F)(F)F)ccc32)no1. The van der Waals surface area contributed by atoms with Crippen LogP contribution in [0.25, 0.3) is 0 Å². The fourth-order valence-electron chi connectivity index (χ4n) is 2.96. The minimum Gasteiger partial charge on any atom is -0.361 e. The van der Waals surface area contributed by atoms with Gasteiger partial charge in [-0.25, -0.2) is 0 Å². The van der Waals surface area contributed by atoms with Crippen molar-refractivity contribution in [1.29, 1.82) is 0 Å². The molecule has 3 rings (SSSR count). The number of carbonyl (C=O) groups excluding carboxylic acids is 2. The summed E-state index contributed by atoms with van der Waals surface area (Å²) in [7, 11) is 1.71. The molecule has 28 heavy (non-hydrogen) atoms. The Morgan fingerprint density at radius 2 is 2.11 bits per heavy atom. The van der Waals surface area contributed by atoms with Gasteiger partial charge in [-0.3, -0.25) is 19.4 Å². The number of hydrogen-bond acceptors (Lipinski definition) is 5. The summed E-state index contributed by atoms with van der Waals surface area (Å²) < 4.78 is 43.8. The van der Waals surface area contributed by atoms with E-state index in [0.29, 0.717) is 18.0 Å². The predicted octanol–water partition coefficient (Wildman–Crippen LogP) is 2.81. The number of amides is 2. The van der Waals surface area contributed by atoms with Crippen molar-refractivity contribution < 1.29 is 27.3 Å². The van der Waals surface area contributed by atoms with E-state index in [-0.39, 0.29) is 17.9 Å². The first kappa shape index (κ1) is 19.9. The smallest absolute Gasteiger partial charge is 0.361 e. The van der Waals surface area contributed by atoms with Crippen molar-refractivity contribution in [3.05, 3.63) is 41.3 Å². The summed E-state index contributed by atoms with van der Waals surface area (Å²) in [6, 6.07) is 4.03. The highest BCUT2D eigenvalue weighted by Gasteiger charge is 2.35. The number of anilines is 2. The van der Waals surface area contributed by atoms with E-state index in [0.717, 1.165) is 12.1 Å². The van der Waals surface area contributed by atoms with Crippen molar-refractivity contribution in [1.82, 2.24) is 10.1 Å². The first-order chi connectivity index (χ1) is 13.1. The molecule has 1 aromatic carbocycles. The molecule has 2 aromatic rings. The third-order valence-corrected chi connectivity index (χ3v) is 4.56. The number of carbonyl (C=O) groups is 2. The van der Waals surface area contributed by atoms with Gasteiger partial charge >= 0.3 is 6.18 Å². The number of benzene rings is 1. The summed E-state index contributed by atoms with van der Waals surface area (Å²) in [5, 5.41) is 6.28. The summed E-state index contributed by atoms with van der Waals surface area (Å²) >= 11 is 0. The number of alkyl halides is 3. The van der Waals surface area contributed by atoms with Crippen LogP contribution in [-0.4, -0.2) is 41.5 Å². The lowest BCUT2D eigenvalue weighted by Crippen LogP contribution is -2.50. The number of halogens is 3. The second kappa shape index (κ2) is 7.27. The van der Waals surface area contributed by atoms with Crippen LogP contribution in [0.15, 0.2) is 28.8 Å². The minimum atomic E-state index is -4.55. The minimum absolute atomic E-state index is 0.0404. The second-order valence-corrected chi connectivity index (χ2v) is 6.72. The molecule has 1 aliphatic rings. The van der Waals surface area contributed by atoms with Crippen LogP contribution >= 0.6 is 0 Å². The average molecular weight is 396 g/mol. The van der Waals surface area contributed by atoms with Crippen LogP contribution in [0.2, 0.25) is 0 Å². The largest absolute Gasteiger partial charge is 0.416 e. The Balaban J connectivity index is 1.82. The first-order valence-corrected chi connectivity index (χ1v) is 8.51. The van der Waals surface area contributed by atoms with E-state index in [1.54, 1.807) is 31.9 Å². The van der Waals surface area contributed by atoms with Gasteiger partial charge in [0.1, 0.15) is 12.3 Å². The Hall–Kier alpha value is -2.88. The zero-order valence-electron chi connectivity index (χ0n) is 15.5. The molecule has 1 aliphatic heterocycles. The Labute approximate surface area is 159 Å². The van der Waals surface area contributed by atoms with E-state index >= 15 is 0 Å². The molecule has 2 amide bonds. The second-order valence-electron chi connectivity index (χ2n) is 6.72. The maximum atomic E-state index is 13.0. The molecular formula is C18H19F3N4O3. The van der Waals surface area contributed by atoms with Crippen molar-refractivity contribution >= 4 is 23.2 Å². The molecule has 0 saturated carbocycles. The standard InChI is InChI=1S/C18H19F3N4O3/c1-10-6-13(23-28-10)8-24(3)11(2)17(27)25-9-16(26)22-14-7-12(18(19,20)21)4-5-15(14)25/h4-7,11H,8-9H2,1-3H3,(H,22,26). The molecule has 2 heterocycles. The van der Waals surface area contributed by atoms with Crippen LogP contribution in [0.5, 0.6) is 0 Å². The Kier molecular flexibility index (Phi) is 5.16. The van der Waals surface area contributed by atoms with Crippen LogP contribution in [0.3, 0.4) is 0 Å². The van der Waals surface area contributed by atoms with Gasteiger partial charge < -0.3 is 9.84 Å². The summed E-state index contributed by atoms with van der Waals surface area (Å²) in [6.07, 6.45) is -4.55. The first-order valence-electron chi connectivity index (χ1n) is 8.51. The molecule has 0 fully saturated rings. The highest BCUT2D eigenvalue weighted by atomic mass is 19.4. The van der Waals surface area contributed by atoms with Gasteiger partial charge in [0.15, 0.2) is 0 Å². The Morgan fingerprint density at radius 3 is 2.71 bits per heavy atom. The van der Waals surface area contributed by atoms with E-state index in [1.165, 1.54) is 11.0 Å². The van der Waals surface area contributed by atoms with Crippen molar-refractivity contribution in [2.45, 2.75) is 32.6 Å². The number of aryl methyl sites for hydroxylation is 1. The highest BCUT2D eigenvalue weighted by molar-refractivity contribution is 6.11. The van der Waals surface area contributed by atoms with Crippen LogP contribution in [0, 0.1) is 6.92 Å². The van der Waals surface area contributed by atoms with Crippen LogP contribution < -0.4 is 10.2 Å². The predicted molar refractivity (Wildman–Crippen MR) is 94.6 cm³/mol. The molecule has 1 atom stereocenters. The zero-order chi connectivity index (χ0) is 20.6. The highest BCUT2D eigenvalue weighted by Crippen LogP contribution is 2.37. The zero-order valence-corrected chi connectivity index (χ0v) is 15.5. The van der Waals surface area contributed by atoms with Crippen molar-refractivity contribution in [2.75, 3.05) is 23.8 Å². The van der Waals surface area contributed by atoms with Gasteiger partial charge in [-0.15, -0.1) is 0 Å². The molecule has 0 saturated heterocycles. The van der Waals surface area contributed by atoms with E-state index in [9.17, 15) is 22.8 Å². The number of rotatable bonds is 4. The fourth-order valence-corrected chi connectivity index (χ4v) is 2.96. The summed E-state index contributed by atoms with van der Waals surface area (Å²) in [5.41, 5.74) is -0.0600. The Morgan fingerprint density at radius 1 is 1.39 bits per heavy atom. The lowest BCUT2D eigenvalue weighted by atomic mass is 10.1. The summed E-state index contributed by atoms with van der Waals surface area (Å²) in [5.74, 6) is -0.315. The van der Waals surface area contributed by atoms with Crippen LogP contribution in [0.1, 0.15) is 23.9 Å². The summed E-state index contributed by atoms with van der Waals surface area (Å²) in [6.45, 7) is 3.48. The van der Waals surface area contributed by atoms with Crippen molar-refractivity contribution in [3.8, 4) is 0 Å². The molecule has 0 radical (unpaired) electrons. The van der Waals surface area contributed by atoms with E-state index in [1.807, 2.05) is 0 Å². The van der Waals surface area contributed by atoms with Gasteiger partial charge in [-0.2, -0.15) is 13.2 Å². The van der Waals surface area contributed by atoms with Crippen molar-refractivity contribution in [3.63, 3.8) is 0 Å². The fraction of sp³-hybridized carbons (Fsp3) is 0.389.